The molecule has 0 aliphatic carbocycles. The summed E-state index contributed by atoms with van der Waals surface area (Å²) in [5, 5.41) is 3.13. The average molecular weight is 450 g/mol. The number of methoxy groups -OCH3 is 2. The van der Waals surface area contributed by atoms with Crippen LogP contribution in [0, 0.1) is 0 Å². The molecular formula is C25H27N3O3S. The smallest absolute Gasteiger partial charge is 0.246 e. The number of piperazine rings is 1. The highest BCUT2D eigenvalue weighted by molar-refractivity contribution is 7.13. The van der Waals surface area contributed by atoms with Crippen LogP contribution in [0.5, 0.6) is 11.5 Å². The van der Waals surface area contributed by atoms with Gasteiger partial charge in [-0.25, -0.2) is 4.98 Å². The van der Waals surface area contributed by atoms with Crippen LogP contribution in [0.3, 0.4) is 0 Å². The highest BCUT2D eigenvalue weighted by Crippen LogP contribution is 2.26. The van der Waals surface area contributed by atoms with Crippen LogP contribution in [0.1, 0.15) is 11.3 Å². The molecule has 0 N–H and O–H groups in total. The summed E-state index contributed by atoms with van der Waals surface area (Å²) in [6.07, 6.45) is 3.50. The monoisotopic (exact) mass is 449 g/mol. The highest BCUT2D eigenvalue weighted by atomic mass is 32.1. The largest absolute Gasteiger partial charge is 0.497 e. The van der Waals surface area contributed by atoms with E-state index in [1.807, 2.05) is 59.5 Å². The number of carbonyl (C=O) groups excluding carboxylic acids is 1. The predicted octanol–water partition coefficient (Wildman–Crippen LogP) is 4.18. The van der Waals surface area contributed by atoms with Crippen molar-refractivity contribution in [1.29, 1.82) is 0 Å². The molecule has 1 aliphatic rings. The van der Waals surface area contributed by atoms with Gasteiger partial charge in [-0.1, -0.05) is 12.1 Å². The summed E-state index contributed by atoms with van der Waals surface area (Å²) in [6, 6.07) is 15.6. The van der Waals surface area contributed by atoms with E-state index in [1.54, 1.807) is 31.6 Å². The van der Waals surface area contributed by atoms with Crippen molar-refractivity contribution in [2.24, 2.45) is 0 Å². The quantitative estimate of drug-likeness (QED) is 0.507. The highest BCUT2D eigenvalue weighted by Gasteiger charge is 2.20. The van der Waals surface area contributed by atoms with Gasteiger partial charge in [0.15, 0.2) is 0 Å². The van der Waals surface area contributed by atoms with Gasteiger partial charge in [0, 0.05) is 49.7 Å². The SMILES string of the molecule is COc1ccc(C=CC(=O)N2CCN(Cc3csc(-c4ccc(OC)cc4)n3)CC2)cc1. The van der Waals surface area contributed by atoms with Gasteiger partial charge in [0.25, 0.3) is 0 Å². The minimum atomic E-state index is 0.0518. The van der Waals surface area contributed by atoms with Crippen molar-refractivity contribution in [1.82, 2.24) is 14.8 Å². The third-order valence-electron chi connectivity index (χ3n) is 5.49. The van der Waals surface area contributed by atoms with Gasteiger partial charge >= 0.3 is 0 Å². The van der Waals surface area contributed by atoms with E-state index in [9.17, 15) is 4.79 Å². The van der Waals surface area contributed by atoms with Crippen molar-refractivity contribution in [3.8, 4) is 22.1 Å². The zero-order chi connectivity index (χ0) is 22.3. The Morgan fingerprint density at radius 1 is 0.969 bits per heavy atom. The third-order valence-corrected chi connectivity index (χ3v) is 6.43. The molecule has 166 valence electrons. The molecule has 32 heavy (non-hydrogen) atoms. The second-order valence-electron chi connectivity index (χ2n) is 7.58. The lowest BCUT2D eigenvalue weighted by Gasteiger charge is -2.33. The minimum absolute atomic E-state index is 0.0518. The van der Waals surface area contributed by atoms with Crippen molar-refractivity contribution in [2.75, 3.05) is 40.4 Å². The van der Waals surface area contributed by atoms with Gasteiger partial charge in [-0.2, -0.15) is 0 Å². The molecule has 1 amide bonds. The molecule has 1 aromatic heterocycles. The van der Waals surface area contributed by atoms with Crippen molar-refractivity contribution in [2.45, 2.75) is 6.54 Å². The standard InChI is InChI=1S/C25H27N3O3S/c1-30-22-8-3-19(4-9-22)5-12-24(29)28-15-13-27(14-16-28)17-21-18-32-25(26-21)20-6-10-23(31-2)11-7-20/h3-12,18H,13-17H2,1-2H3. The van der Waals surface area contributed by atoms with Crippen LogP contribution in [-0.2, 0) is 11.3 Å². The van der Waals surface area contributed by atoms with E-state index < -0.39 is 0 Å². The van der Waals surface area contributed by atoms with E-state index >= 15 is 0 Å². The van der Waals surface area contributed by atoms with Gasteiger partial charge in [0.1, 0.15) is 16.5 Å². The van der Waals surface area contributed by atoms with Gasteiger partial charge in [-0.3, -0.25) is 9.69 Å². The number of hydrogen-bond acceptors (Lipinski definition) is 6. The zero-order valence-corrected chi connectivity index (χ0v) is 19.2. The normalized spacial score (nSPS) is 14.6. The van der Waals surface area contributed by atoms with Crippen LogP contribution in [0.25, 0.3) is 16.6 Å². The first kappa shape index (κ1) is 22.0. The molecule has 1 fully saturated rings. The maximum absolute atomic E-state index is 12.5. The Kier molecular flexibility index (Phi) is 7.19. The summed E-state index contributed by atoms with van der Waals surface area (Å²) in [4.78, 5) is 21.6. The maximum atomic E-state index is 12.5. The van der Waals surface area contributed by atoms with E-state index in [4.69, 9.17) is 14.5 Å². The molecule has 0 bridgehead atoms. The molecular weight excluding hydrogens is 422 g/mol. The Hall–Kier alpha value is -3.16. The molecule has 2 heterocycles. The third kappa shape index (κ3) is 5.55. The topological polar surface area (TPSA) is 54.9 Å². The fourth-order valence-electron chi connectivity index (χ4n) is 3.59. The molecule has 0 radical (unpaired) electrons. The first-order valence-electron chi connectivity index (χ1n) is 10.6. The fourth-order valence-corrected chi connectivity index (χ4v) is 4.41. The van der Waals surface area contributed by atoms with E-state index in [2.05, 4.69) is 10.3 Å². The summed E-state index contributed by atoms with van der Waals surface area (Å²) in [7, 11) is 3.31. The Labute approximate surface area is 192 Å². The van der Waals surface area contributed by atoms with Crippen molar-refractivity contribution < 1.29 is 14.3 Å². The molecule has 0 unspecified atom stereocenters. The number of benzene rings is 2. The number of rotatable bonds is 7. The number of thiazole rings is 1. The summed E-state index contributed by atoms with van der Waals surface area (Å²) in [5.74, 6) is 1.70. The fraction of sp³-hybridized carbons (Fsp3) is 0.280. The predicted molar refractivity (Wildman–Crippen MR) is 128 cm³/mol. The Morgan fingerprint density at radius 2 is 1.59 bits per heavy atom. The summed E-state index contributed by atoms with van der Waals surface area (Å²) < 4.78 is 10.4. The first-order chi connectivity index (χ1) is 15.6. The van der Waals surface area contributed by atoms with Crippen LogP contribution in [-0.4, -0.2) is 61.1 Å². The molecule has 7 heteroatoms. The van der Waals surface area contributed by atoms with E-state index in [0.29, 0.717) is 0 Å². The molecule has 0 spiro atoms. The molecule has 4 rings (SSSR count). The summed E-state index contributed by atoms with van der Waals surface area (Å²) in [6.45, 7) is 3.94. The molecule has 6 nitrogen and oxygen atoms in total. The van der Waals surface area contributed by atoms with E-state index in [1.165, 1.54) is 0 Å². The minimum Gasteiger partial charge on any atom is -0.497 e. The zero-order valence-electron chi connectivity index (χ0n) is 18.4. The van der Waals surface area contributed by atoms with Gasteiger partial charge in [-0.05, 0) is 48.0 Å². The number of hydrogen-bond donors (Lipinski definition) is 0. The number of amides is 1. The van der Waals surface area contributed by atoms with Crippen molar-refractivity contribution in [3.63, 3.8) is 0 Å². The average Bonchev–Trinajstić information content (AvgIpc) is 3.32. The molecule has 1 aliphatic heterocycles. The lowest BCUT2D eigenvalue weighted by Crippen LogP contribution is -2.47. The van der Waals surface area contributed by atoms with Crippen molar-refractivity contribution in [3.05, 3.63) is 71.2 Å². The van der Waals surface area contributed by atoms with Crippen LogP contribution in [0.4, 0.5) is 0 Å². The number of ether oxygens (including phenoxy) is 2. The number of nitrogens with zero attached hydrogens (tertiary/aromatic N) is 3. The van der Waals surface area contributed by atoms with Crippen molar-refractivity contribution >= 4 is 23.3 Å². The lowest BCUT2D eigenvalue weighted by molar-refractivity contribution is -0.127. The van der Waals surface area contributed by atoms with Gasteiger partial charge in [-0.15, -0.1) is 11.3 Å². The first-order valence-corrected chi connectivity index (χ1v) is 11.4. The number of carbonyl (C=O) groups is 1. The Bertz CT molecular complexity index is 1050. The van der Waals surface area contributed by atoms with Crippen LogP contribution in [0.2, 0.25) is 0 Å². The van der Waals surface area contributed by atoms with Gasteiger partial charge < -0.3 is 14.4 Å². The van der Waals surface area contributed by atoms with E-state index in [0.717, 1.165) is 66.1 Å². The van der Waals surface area contributed by atoms with Gasteiger partial charge in [0.2, 0.25) is 5.91 Å². The molecule has 0 saturated carbocycles. The Balaban J connectivity index is 1.26. The van der Waals surface area contributed by atoms with E-state index in [-0.39, 0.29) is 5.91 Å². The van der Waals surface area contributed by atoms with Gasteiger partial charge in [0.05, 0.1) is 19.9 Å². The number of aromatic nitrogens is 1. The Morgan fingerprint density at radius 3 is 2.22 bits per heavy atom. The molecule has 2 aromatic carbocycles. The molecule has 0 atom stereocenters. The maximum Gasteiger partial charge on any atom is 0.246 e. The second-order valence-corrected chi connectivity index (χ2v) is 8.44. The van der Waals surface area contributed by atoms with Crippen LogP contribution >= 0.6 is 11.3 Å². The second kappa shape index (κ2) is 10.4. The summed E-state index contributed by atoms with van der Waals surface area (Å²) >= 11 is 1.66. The summed E-state index contributed by atoms with van der Waals surface area (Å²) in [5.41, 5.74) is 3.15. The van der Waals surface area contributed by atoms with Crippen LogP contribution < -0.4 is 9.47 Å². The molecule has 3 aromatic rings. The van der Waals surface area contributed by atoms with Crippen LogP contribution in [0.15, 0.2) is 60.0 Å². The molecule has 1 saturated heterocycles. The lowest BCUT2D eigenvalue weighted by atomic mass is 10.2.